The van der Waals surface area contributed by atoms with Crippen LogP contribution in [0.4, 0.5) is 0 Å². The van der Waals surface area contributed by atoms with Crippen molar-refractivity contribution in [2.24, 2.45) is 23.7 Å². The van der Waals surface area contributed by atoms with Gasteiger partial charge in [-0.2, -0.15) is 0 Å². The van der Waals surface area contributed by atoms with Crippen LogP contribution >= 0.6 is 15.6 Å². The molecule has 0 aromatic carbocycles. The molecule has 0 aliphatic heterocycles. The highest BCUT2D eigenvalue weighted by molar-refractivity contribution is 7.47. The fourth-order valence-electron chi connectivity index (χ4n) is 12.6. The first-order valence-electron chi connectivity index (χ1n) is 42.2. The standard InChI is InChI=1S/C82H160O17P2/c1-9-75(8)61-53-45-40-41-47-55-63-80(85)93-69-78(99-81(86)64-56-48-38-32-25-21-15-13-11-10-12-14-18-22-28-34-42-50-58-72(2)3)71-97-101(90,91)95-67-76(83)66-94-100(88,89)96-70-77(98-82(87)65-57-49-39-33-27-26-30-36-44-52-60-74(6)7)68-92-79(84)62-54-46-37-31-24-20-17-16-19-23-29-35-43-51-59-73(4)5/h72-78,83H,9-71H2,1-8H3,(H,88,89)(H,90,91)/t75?,76-,77-,78-/m1/s1. The average molecular weight is 1480 g/mol. The first-order chi connectivity index (χ1) is 48.6. The van der Waals surface area contributed by atoms with Gasteiger partial charge in [-0.15, -0.1) is 0 Å². The molecule has 3 N–H and O–H groups in total. The summed E-state index contributed by atoms with van der Waals surface area (Å²) in [5.74, 6) is 0.988. The highest BCUT2D eigenvalue weighted by Gasteiger charge is 2.30. The van der Waals surface area contributed by atoms with Gasteiger partial charge in [-0.1, -0.05) is 370 Å². The topological polar surface area (TPSA) is 237 Å². The normalized spacial score (nSPS) is 14.3. The highest BCUT2D eigenvalue weighted by Crippen LogP contribution is 2.45. The summed E-state index contributed by atoms with van der Waals surface area (Å²) in [4.78, 5) is 73.0. The van der Waals surface area contributed by atoms with E-state index < -0.39 is 97.5 Å². The molecule has 0 aliphatic carbocycles. The second-order valence-corrected chi connectivity index (χ2v) is 34.1. The summed E-state index contributed by atoms with van der Waals surface area (Å²) >= 11 is 0. The van der Waals surface area contributed by atoms with Crippen LogP contribution in [0.5, 0.6) is 0 Å². The zero-order valence-corrected chi connectivity index (χ0v) is 68.3. The molecule has 3 unspecified atom stereocenters. The van der Waals surface area contributed by atoms with Crippen LogP contribution in [0.1, 0.15) is 421 Å². The Bertz CT molecular complexity index is 1970. The lowest BCUT2D eigenvalue weighted by Crippen LogP contribution is -2.30. The molecule has 0 aliphatic rings. The van der Waals surface area contributed by atoms with Gasteiger partial charge >= 0.3 is 39.5 Å². The smallest absolute Gasteiger partial charge is 0.462 e. The predicted octanol–water partition coefficient (Wildman–Crippen LogP) is 24.4. The Morgan fingerprint density at radius 2 is 0.475 bits per heavy atom. The molecule has 6 atom stereocenters. The number of hydrogen-bond acceptors (Lipinski definition) is 15. The van der Waals surface area contributed by atoms with Crippen molar-refractivity contribution in [1.29, 1.82) is 0 Å². The number of unbranched alkanes of at least 4 members (excludes halogenated alkanes) is 44. The van der Waals surface area contributed by atoms with E-state index in [1.54, 1.807) is 0 Å². The molecule has 19 heteroatoms. The molecule has 0 aromatic heterocycles. The van der Waals surface area contributed by atoms with Crippen LogP contribution in [0.25, 0.3) is 0 Å². The SMILES string of the molecule is CCC(C)CCCCCCCCC(=O)OC[C@H](COP(=O)(O)OC[C@H](O)COP(=O)(O)OC[C@@H](COC(=O)CCCCCCCCCCCCCCCCC(C)C)OC(=O)CCCCCCCCCCCCC(C)C)OC(=O)CCCCCCCCCCCCCCCCCCCCC(C)C. The van der Waals surface area contributed by atoms with E-state index in [0.717, 1.165) is 120 Å². The summed E-state index contributed by atoms with van der Waals surface area (Å²) < 4.78 is 68.7. The van der Waals surface area contributed by atoms with Gasteiger partial charge in [0.2, 0.25) is 0 Å². The summed E-state index contributed by atoms with van der Waals surface area (Å²) in [7, 11) is -9.92. The quantitative estimate of drug-likeness (QED) is 0.0222. The van der Waals surface area contributed by atoms with E-state index in [4.69, 9.17) is 37.0 Å². The molecule has 0 saturated carbocycles. The van der Waals surface area contributed by atoms with E-state index >= 15 is 0 Å². The van der Waals surface area contributed by atoms with Crippen molar-refractivity contribution in [3.8, 4) is 0 Å². The minimum atomic E-state index is -4.96. The number of carbonyl (C=O) groups excluding carboxylic acids is 4. The van der Waals surface area contributed by atoms with Gasteiger partial charge in [0.05, 0.1) is 26.4 Å². The summed E-state index contributed by atoms with van der Waals surface area (Å²) in [6.45, 7) is 14.3. The molecule has 0 fully saturated rings. The highest BCUT2D eigenvalue weighted by atomic mass is 31.2. The number of ether oxygens (including phenoxy) is 4. The first-order valence-corrected chi connectivity index (χ1v) is 45.2. The van der Waals surface area contributed by atoms with Crippen molar-refractivity contribution in [2.45, 2.75) is 440 Å². The minimum absolute atomic E-state index is 0.106. The summed E-state index contributed by atoms with van der Waals surface area (Å²) in [5, 5.41) is 10.6. The van der Waals surface area contributed by atoms with Crippen LogP contribution in [0.3, 0.4) is 0 Å². The van der Waals surface area contributed by atoms with E-state index in [2.05, 4.69) is 55.4 Å². The van der Waals surface area contributed by atoms with Gasteiger partial charge in [0.1, 0.15) is 19.3 Å². The fourth-order valence-corrected chi connectivity index (χ4v) is 14.2. The van der Waals surface area contributed by atoms with E-state index in [-0.39, 0.29) is 25.7 Å². The van der Waals surface area contributed by atoms with Crippen molar-refractivity contribution >= 4 is 39.5 Å². The van der Waals surface area contributed by atoms with Crippen molar-refractivity contribution in [2.75, 3.05) is 39.6 Å². The predicted molar refractivity (Wildman–Crippen MR) is 414 cm³/mol. The van der Waals surface area contributed by atoms with Gasteiger partial charge in [0.25, 0.3) is 0 Å². The van der Waals surface area contributed by atoms with Crippen LogP contribution < -0.4 is 0 Å². The largest absolute Gasteiger partial charge is 0.472 e. The maximum absolute atomic E-state index is 13.1. The van der Waals surface area contributed by atoms with Gasteiger partial charge in [-0.05, 0) is 49.4 Å². The number of esters is 4. The van der Waals surface area contributed by atoms with Gasteiger partial charge in [-0.3, -0.25) is 37.3 Å². The van der Waals surface area contributed by atoms with Crippen molar-refractivity contribution in [3.05, 3.63) is 0 Å². The Hall–Kier alpha value is -1.94. The molecule has 0 amide bonds. The van der Waals surface area contributed by atoms with E-state index in [1.165, 1.54) is 218 Å². The Kier molecular flexibility index (Phi) is 69.6. The maximum atomic E-state index is 13.1. The van der Waals surface area contributed by atoms with Crippen LogP contribution in [0, 0.1) is 23.7 Å². The zero-order chi connectivity index (χ0) is 74.6. The number of aliphatic hydroxyl groups is 1. The van der Waals surface area contributed by atoms with Crippen molar-refractivity contribution < 1.29 is 80.2 Å². The number of phosphoric acid groups is 2. The molecule has 17 nitrogen and oxygen atoms in total. The molecular weight excluding hydrogens is 1320 g/mol. The lowest BCUT2D eigenvalue weighted by atomic mass is 10.00. The number of carbonyl (C=O) groups is 4. The van der Waals surface area contributed by atoms with Crippen LogP contribution in [0.15, 0.2) is 0 Å². The third-order valence-corrected chi connectivity index (χ3v) is 21.3. The zero-order valence-electron chi connectivity index (χ0n) is 66.5. The van der Waals surface area contributed by atoms with Crippen molar-refractivity contribution in [3.63, 3.8) is 0 Å². The Balaban J connectivity index is 5.20. The van der Waals surface area contributed by atoms with Gasteiger partial charge < -0.3 is 33.8 Å². The monoisotopic (exact) mass is 1480 g/mol. The van der Waals surface area contributed by atoms with E-state index in [0.29, 0.717) is 25.7 Å². The molecule has 0 bridgehead atoms. The molecule has 0 spiro atoms. The second kappa shape index (κ2) is 71.0. The van der Waals surface area contributed by atoms with Crippen molar-refractivity contribution in [1.82, 2.24) is 0 Å². The van der Waals surface area contributed by atoms with Crippen LogP contribution in [-0.2, 0) is 65.4 Å². The molecule has 0 heterocycles. The second-order valence-electron chi connectivity index (χ2n) is 31.2. The summed E-state index contributed by atoms with van der Waals surface area (Å²) in [6, 6.07) is 0. The van der Waals surface area contributed by atoms with Gasteiger partial charge in [0.15, 0.2) is 12.2 Å². The molecular formula is C82H160O17P2. The average Bonchev–Trinajstić information content (AvgIpc) is 0.963. The lowest BCUT2D eigenvalue weighted by molar-refractivity contribution is -0.161. The molecule has 0 aromatic rings. The van der Waals surface area contributed by atoms with Crippen LogP contribution in [0.2, 0.25) is 0 Å². The maximum Gasteiger partial charge on any atom is 0.472 e. The Morgan fingerprint density at radius 3 is 0.703 bits per heavy atom. The van der Waals surface area contributed by atoms with Gasteiger partial charge in [0, 0.05) is 25.7 Å². The number of rotatable bonds is 79. The number of aliphatic hydroxyl groups excluding tert-OH is 1. The fraction of sp³-hybridized carbons (Fsp3) is 0.951. The molecule has 0 rings (SSSR count). The Labute approximate surface area is 619 Å². The Morgan fingerprint density at radius 1 is 0.277 bits per heavy atom. The first kappa shape index (κ1) is 99.1. The third-order valence-electron chi connectivity index (χ3n) is 19.4. The molecule has 0 radical (unpaired) electrons. The third kappa shape index (κ3) is 74.7. The van der Waals surface area contributed by atoms with Crippen LogP contribution in [-0.4, -0.2) is 96.7 Å². The number of hydrogen-bond donors (Lipinski definition) is 3. The minimum Gasteiger partial charge on any atom is -0.462 e. The molecule has 600 valence electrons. The number of phosphoric ester groups is 2. The van der Waals surface area contributed by atoms with E-state index in [1.807, 2.05) is 0 Å². The van der Waals surface area contributed by atoms with E-state index in [9.17, 15) is 43.2 Å². The summed E-state index contributed by atoms with van der Waals surface area (Å²) in [6.07, 6.45) is 58.4. The molecule has 0 saturated heterocycles. The lowest BCUT2D eigenvalue weighted by Gasteiger charge is -2.21. The van der Waals surface area contributed by atoms with Gasteiger partial charge in [-0.25, -0.2) is 9.13 Å². The summed E-state index contributed by atoms with van der Waals surface area (Å²) in [5.41, 5.74) is 0. The molecule has 101 heavy (non-hydrogen) atoms.